The number of pyridine rings is 1. The molecule has 0 aliphatic rings. The summed E-state index contributed by atoms with van der Waals surface area (Å²) in [4.78, 5) is 24.7. The van der Waals surface area contributed by atoms with Gasteiger partial charge in [-0.1, -0.05) is 65.2 Å². The minimum atomic E-state index is -1.24. The van der Waals surface area contributed by atoms with Crippen LogP contribution in [0.4, 0.5) is 8.78 Å². The lowest BCUT2D eigenvalue weighted by Gasteiger charge is -2.09. The number of aromatic nitrogens is 3. The van der Waals surface area contributed by atoms with Gasteiger partial charge in [0, 0.05) is 42.2 Å². The molecule has 0 N–H and O–H groups in total. The highest BCUT2D eigenvalue weighted by atomic mass is 19.2. The van der Waals surface area contributed by atoms with E-state index in [1.54, 1.807) is 12.3 Å². The van der Waals surface area contributed by atoms with Crippen molar-refractivity contribution in [2.75, 3.05) is 6.61 Å². The Bertz CT molecular complexity index is 1140. The van der Waals surface area contributed by atoms with Gasteiger partial charge < -0.3 is 9.47 Å². The van der Waals surface area contributed by atoms with E-state index in [9.17, 15) is 13.6 Å². The SMILES string of the molecule is CCCCCCCCOc1ccc(-c2cnc(-c3ccc(OC(=O)CCCCCC)c(F)c3F)nc2)cn1. The summed E-state index contributed by atoms with van der Waals surface area (Å²) in [6.45, 7) is 4.91. The third-order valence-electron chi connectivity index (χ3n) is 6.22. The van der Waals surface area contributed by atoms with E-state index in [0.29, 0.717) is 24.5 Å². The normalized spacial score (nSPS) is 10.9. The van der Waals surface area contributed by atoms with E-state index in [0.717, 1.165) is 37.7 Å². The molecule has 38 heavy (non-hydrogen) atoms. The van der Waals surface area contributed by atoms with E-state index < -0.39 is 23.4 Å². The Hall–Kier alpha value is -3.42. The van der Waals surface area contributed by atoms with Crippen LogP contribution >= 0.6 is 0 Å². The summed E-state index contributed by atoms with van der Waals surface area (Å²) in [5.74, 6) is -2.84. The second-order valence-electron chi connectivity index (χ2n) is 9.32. The van der Waals surface area contributed by atoms with Crippen LogP contribution in [-0.4, -0.2) is 27.5 Å². The Labute approximate surface area is 223 Å². The Balaban J connectivity index is 1.56. The number of rotatable bonds is 16. The van der Waals surface area contributed by atoms with Gasteiger partial charge in [-0.15, -0.1) is 0 Å². The molecule has 0 amide bonds. The fraction of sp³-hybridized carbons (Fsp3) is 0.467. The van der Waals surface area contributed by atoms with Gasteiger partial charge >= 0.3 is 5.97 Å². The lowest BCUT2D eigenvalue weighted by atomic mass is 10.1. The van der Waals surface area contributed by atoms with Gasteiger partial charge in [0.15, 0.2) is 17.4 Å². The number of carbonyl (C=O) groups is 1. The van der Waals surface area contributed by atoms with Crippen LogP contribution in [0.5, 0.6) is 11.6 Å². The van der Waals surface area contributed by atoms with Gasteiger partial charge in [0.2, 0.25) is 11.7 Å². The quantitative estimate of drug-likeness (QED) is 0.107. The topological polar surface area (TPSA) is 74.2 Å². The fourth-order valence-corrected chi connectivity index (χ4v) is 3.96. The predicted molar refractivity (Wildman–Crippen MR) is 144 cm³/mol. The fourth-order valence-electron chi connectivity index (χ4n) is 3.96. The standard InChI is InChI=1S/C30H37F2N3O3/c1-3-5-7-9-10-12-18-37-26-17-14-22(19-33-26)23-20-34-30(35-21-23)24-15-16-25(29(32)28(24)31)38-27(36)13-11-8-6-4-2/h14-17,19-21H,3-13,18H2,1-2H3. The van der Waals surface area contributed by atoms with Crippen molar-refractivity contribution in [1.29, 1.82) is 0 Å². The van der Waals surface area contributed by atoms with Gasteiger partial charge in [-0.3, -0.25) is 4.79 Å². The van der Waals surface area contributed by atoms with E-state index in [1.165, 1.54) is 50.2 Å². The highest BCUT2D eigenvalue weighted by Crippen LogP contribution is 2.29. The average molecular weight is 526 g/mol. The van der Waals surface area contributed by atoms with E-state index in [2.05, 4.69) is 28.8 Å². The number of benzene rings is 1. The molecule has 0 saturated heterocycles. The van der Waals surface area contributed by atoms with Gasteiger partial charge in [0.05, 0.1) is 12.2 Å². The van der Waals surface area contributed by atoms with Crippen LogP contribution in [0.2, 0.25) is 0 Å². The molecular weight excluding hydrogens is 488 g/mol. The number of carbonyl (C=O) groups excluding carboxylic acids is 1. The number of hydrogen-bond donors (Lipinski definition) is 0. The van der Waals surface area contributed by atoms with Crippen LogP contribution in [-0.2, 0) is 4.79 Å². The Morgan fingerprint density at radius 1 is 0.737 bits per heavy atom. The molecule has 0 aliphatic carbocycles. The average Bonchev–Trinajstić information content (AvgIpc) is 2.94. The monoisotopic (exact) mass is 525 g/mol. The maximum atomic E-state index is 14.8. The first-order valence-corrected chi connectivity index (χ1v) is 13.6. The number of esters is 1. The molecule has 0 saturated carbocycles. The molecular formula is C30H37F2N3O3. The molecule has 0 bridgehead atoms. The smallest absolute Gasteiger partial charge is 0.311 e. The van der Waals surface area contributed by atoms with E-state index >= 15 is 0 Å². The first-order valence-electron chi connectivity index (χ1n) is 13.6. The van der Waals surface area contributed by atoms with Crippen LogP contribution in [0.1, 0.15) is 84.5 Å². The van der Waals surface area contributed by atoms with Gasteiger partial charge in [-0.25, -0.2) is 19.3 Å². The summed E-state index contributed by atoms with van der Waals surface area (Å²) in [7, 11) is 0. The van der Waals surface area contributed by atoms with Crippen molar-refractivity contribution in [3.8, 4) is 34.1 Å². The molecule has 0 spiro atoms. The van der Waals surface area contributed by atoms with Crippen molar-refractivity contribution in [2.45, 2.75) is 84.5 Å². The van der Waals surface area contributed by atoms with Gasteiger partial charge in [-0.05, 0) is 31.0 Å². The van der Waals surface area contributed by atoms with Crippen molar-refractivity contribution >= 4 is 5.97 Å². The summed E-state index contributed by atoms with van der Waals surface area (Å²) >= 11 is 0. The van der Waals surface area contributed by atoms with E-state index in [1.807, 2.05) is 6.07 Å². The van der Waals surface area contributed by atoms with Crippen molar-refractivity contribution < 1.29 is 23.0 Å². The number of hydrogen-bond acceptors (Lipinski definition) is 6. The highest BCUT2D eigenvalue weighted by molar-refractivity contribution is 5.73. The number of nitrogens with zero attached hydrogens (tertiary/aromatic N) is 3. The van der Waals surface area contributed by atoms with Gasteiger partial charge in [0.1, 0.15) is 0 Å². The van der Waals surface area contributed by atoms with Gasteiger partial charge in [-0.2, -0.15) is 4.39 Å². The third-order valence-corrected chi connectivity index (χ3v) is 6.22. The lowest BCUT2D eigenvalue weighted by Crippen LogP contribution is -2.09. The molecule has 0 unspecified atom stereocenters. The van der Waals surface area contributed by atoms with Crippen LogP contribution in [0.25, 0.3) is 22.5 Å². The van der Waals surface area contributed by atoms with Crippen molar-refractivity contribution in [3.05, 3.63) is 54.5 Å². The molecule has 1 aromatic carbocycles. The van der Waals surface area contributed by atoms with Crippen LogP contribution in [0.3, 0.4) is 0 Å². The molecule has 0 atom stereocenters. The highest BCUT2D eigenvalue weighted by Gasteiger charge is 2.19. The Morgan fingerprint density at radius 3 is 2.08 bits per heavy atom. The van der Waals surface area contributed by atoms with E-state index in [4.69, 9.17) is 9.47 Å². The predicted octanol–water partition coefficient (Wildman–Crippen LogP) is 8.10. The Morgan fingerprint density at radius 2 is 1.39 bits per heavy atom. The summed E-state index contributed by atoms with van der Waals surface area (Å²) < 4.78 is 40.1. The maximum absolute atomic E-state index is 14.8. The molecule has 3 aromatic rings. The molecule has 2 aromatic heterocycles. The molecule has 204 valence electrons. The maximum Gasteiger partial charge on any atom is 0.311 e. The summed E-state index contributed by atoms with van der Waals surface area (Å²) in [6, 6.07) is 6.18. The van der Waals surface area contributed by atoms with Crippen molar-refractivity contribution in [2.24, 2.45) is 0 Å². The summed E-state index contributed by atoms with van der Waals surface area (Å²) in [5.41, 5.74) is 1.34. The molecule has 3 rings (SSSR count). The zero-order valence-corrected chi connectivity index (χ0v) is 22.3. The van der Waals surface area contributed by atoms with Gasteiger partial charge in [0.25, 0.3) is 0 Å². The molecule has 6 nitrogen and oxygen atoms in total. The molecule has 0 aliphatic heterocycles. The number of halogens is 2. The van der Waals surface area contributed by atoms with E-state index in [-0.39, 0.29) is 17.8 Å². The minimum Gasteiger partial charge on any atom is -0.478 e. The second-order valence-corrected chi connectivity index (χ2v) is 9.32. The van der Waals surface area contributed by atoms with Crippen LogP contribution < -0.4 is 9.47 Å². The molecule has 2 heterocycles. The second kappa shape index (κ2) is 15.7. The van der Waals surface area contributed by atoms with Crippen LogP contribution in [0, 0.1) is 11.6 Å². The zero-order valence-electron chi connectivity index (χ0n) is 22.3. The molecule has 8 heteroatoms. The summed E-state index contributed by atoms with van der Waals surface area (Å²) in [6.07, 6.45) is 15.6. The first kappa shape index (κ1) is 29.1. The summed E-state index contributed by atoms with van der Waals surface area (Å²) in [5, 5.41) is 0. The van der Waals surface area contributed by atoms with Crippen molar-refractivity contribution in [1.82, 2.24) is 15.0 Å². The Kier molecular flexibility index (Phi) is 12.1. The van der Waals surface area contributed by atoms with Crippen LogP contribution in [0.15, 0.2) is 42.9 Å². The molecule has 0 fully saturated rings. The lowest BCUT2D eigenvalue weighted by molar-refractivity contribution is -0.134. The number of ether oxygens (including phenoxy) is 2. The number of unbranched alkanes of at least 4 members (excludes halogenated alkanes) is 8. The zero-order chi connectivity index (χ0) is 27.2. The largest absolute Gasteiger partial charge is 0.478 e. The van der Waals surface area contributed by atoms with Crippen molar-refractivity contribution in [3.63, 3.8) is 0 Å². The first-order chi connectivity index (χ1) is 18.5. The minimum absolute atomic E-state index is 0.0226. The molecule has 0 radical (unpaired) electrons. The third kappa shape index (κ3) is 8.85.